The monoisotopic (exact) mass is 444 g/mol. The van der Waals surface area contributed by atoms with E-state index in [0.717, 1.165) is 18.4 Å². The highest BCUT2D eigenvalue weighted by Crippen LogP contribution is 2.27. The second-order valence-electron chi connectivity index (χ2n) is 8.15. The zero-order chi connectivity index (χ0) is 22.8. The molecule has 2 aromatic heterocycles. The summed E-state index contributed by atoms with van der Waals surface area (Å²) in [5, 5.41) is 8.18. The van der Waals surface area contributed by atoms with E-state index in [9.17, 15) is 9.59 Å². The van der Waals surface area contributed by atoms with Gasteiger partial charge in [0.05, 0.1) is 19.2 Å². The highest BCUT2D eigenvalue weighted by molar-refractivity contribution is 5.97. The summed E-state index contributed by atoms with van der Waals surface area (Å²) < 4.78 is 7.00. The van der Waals surface area contributed by atoms with E-state index in [0.29, 0.717) is 42.4 Å². The van der Waals surface area contributed by atoms with Crippen LogP contribution in [0.4, 0.5) is 0 Å². The molecule has 5 rings (SSSR count). The van der Waals surface area contributed by atoms with Crippen LogP contribution < -0.4 is 10.3 Å². The molecular formula is C24H24N6O3. The average molecular weight is 444 g/mol. The Kier molecular flexibility index (Phi) is 5.60. The molecule has 33 heavy (non-hydrogen) atoms. The molecule has 0 bridgehead atoms. The van der Waals surface area contributed by atoms with Gasteiger partial charge in [0.1, 0.15) is 11.6 Å². The number of amides is 1. The Balaban J connectivity index is 1.43. The highest BCUT2D eigenvalue weighted by Gasteiger charge is 2.29. The van der Waals surface area contributed by atoms with Gasteiger partial charge in [-0.1, -0.05) is 47.7 Å². The first-order chi connectivity index (χ1) is 16.1. The molecule has 0 radical (unpaired) electrons. The fourth-order valence-electron chi connectivity index (χ4n) is 4.32. The van der Waals surface area contributed by atoms with Gasteiger partial charge < -0.3 is 14.6 Å². The minimum Gasteiger partial charge on any atom is -0.496 e. The highest BCUT2D eigenvalue weighted by atomic mass is 16.5. The Hall–Kier alpha value is -4.01. The summed E-state index contributed by atoms with van der Waals surface area (Å²) >= 11 is 0. The third kappa shape index (κ3) is 4.09. The standard InChI is InChI=1S/C24H24N6O3/c1-33-19-12-6-5-11-18(19)24(32)29-13-7-10-17(15-29)21-25-22-20(23(31)26-21)27-28-30(22)14-16-8-3-2-4-9-16/h2-6,8-9,11-12,17H,7,10,13-15H2,1H3,(H,25,26,31)/t17-/m0/s1. The fourth-order valence-corrected chi connectivity index (χ4v) is 4.32. The van der Waals surface area contributed by atoms with Gasteiger partial charge in [-0.2, -0.15) is 0 Å². The summed E-state index contributed by atoms with van der Waals surface area (Å²) in [6.07, 6.45) is 1.64. The van der Waals surface area contributed by atoms with Crippen LogP contribution >= 0.6 is 0 Å². The molecule has 1 amide bonds. The van der Waals surface area contributed by atoms with Gasteiger partial charge in [-0.25, -0.2) is 9.67 Å². The number of ether oxygens (including phenoxy) is 1. The molecule has 1 atom stereocenters. The normalized spacial score (nSPS) is 16.2. The van der Waals surface area contributed by atoms with Gasteiger partial charge in [0.15, 0.2) is 11.2 Å². The fraction of sp³-hybridized carbons (Fsp3) is 0.292. The van der Waals surface area contributed by atoms with Gasteiger partial charge in [-0.05, 0) is 30.5 Å². The number of carbonyl (C=O) groups is 1. The summed E-state index contributed by atoms with van der Waals surface area (Å²) in [6, 6.07) is 17.0. The van der Waals surface area contributed by atoms with Crippen LogP contribution in [-0.2, 0) is 6.54 Å². The van der Waals surface area contributed by atoms with Gasteiger partial charge in [0.2, 0.25) is 0 Å². The van der Waals surface area contributed by atoms with Crippen molar-refractivity contribution in [2.24, 2.45) is 0 Å². The van der Waals surface area contributed by atoms with E-state index < -0.39 is 0 Å². The van der Waals surface area contributed by atoms with Crippen LogP contribution in [0.25, 0.3) is 11.2 Å². The van der Waals surface area contributed by atoms with Crippen molar-refractivity contribution in [2.75, 3.05) is 20.2 Å². The molecule has 4 aromatic rings. The topological polar surface area (TPSA) is 106 Å². The van der Waals surface area contributed by atoms with Crippen molar-refractivity contribution in [1.29, 1.82) is 0 Å². The van der Waals surface area contributed by atoms with Crippen LogP contribution in [0, 0.1) is 0 Å². The van der Waals surface area contributed by atoms with Crippen molar-refractivity contribution < 1.29 is 9.53 Å². The van der Waals surface area contributed by atoms with Crippen molar-refractivity contribution in [3.05, 3.63) is 81.9 Å². The van der Waals surface area contributed by atoms with E-state index in [-0.39, 0.29) is 22.9 Å². The van der Waals surface area contributed by atoms with Gasteiger partial charge in [-0.15, -0.1) is 5.10 Å². The van der Waals surface area contributed by atoms with Crippen molar-refractivity contribution in [1.82, 2.24) is 29.9 Å². The molecule has 0 spiro atoms. The number of rotatable bonds is 5. The third-order valence-electron chi connectivity index (χ3n) is 6.00. The first-order valence-electron chi connectivity index (χ1n) is 10.9. The molecule has 1 N–H and O–H groups in total. The number of aromatic amines is 1. The van der Waals surface area contributed by atoms with Gasteiger partial charge >= 0.3 is 0 Å². The molecule has 2 aromatic carbocycles. The molecule has 9 nitrogen and oxygen atoms in total. The number of hydrogen-bond acceptors (Lipinski definition) is 6. The van der Waals surface area contributed by atoms with E-state index in [4.69, 9.17) is 9.72 Å². The van der Waals surface area contributed by atoms with E-state index in [2.05, 4.69) is 15.3 Å². The molecule has 9 heteroatoms. The molecule has 1 fully saturated rings. The SMILES string of the molecule is COc1ccccc1C(=O)N1CCC[C@H](c2nc3c(nnn3Cc3ccccc3)c(=O)[nH]2)C1. The van der Waals surface area contributed by atoms with Crippen LogP contribution in [0.5, 0.6) is 5.75 Å². The number of para-hydroxylation sites is 1. The summed E-state index contributed by atoms with van der Waals surface area (Å²) in [4.78, 5) is 35.3. The van der Waals surface area contributed by atoms with E-state index >= 15 is 0 Å². The molecule has 168 valence electrons. The average Bonchev–Trinajstić information content (AvgIpc) is 3.27. The lowest BCUT2D eigenvalue weighted by Gasteiger charge is -2.32. The lowest BCUT2D eigenvalue weighted by atomic mass is 9.96. The Bertz CT molecular complexity index is 1350. The zero-order valence-electron chi connectivity index (χ0n) is 18.3. The Morgan fingerprint density at radius 1 is 1.15 bits per heavy atom. The number of H-pyrrole nitrogens is 1. The van der Waals surface area contributed by atoms with Gasteiger partial charge in [0, 0.05) is 19.0 Å². The number of fused-ring (bicyclic) bond motifs is 1. The quantitative estimate of drug-likeness (QED) is 0.507. The lowest BCUT2D eigenvalue weighted by Crippen LogP contribution is -2.40. The maximum atomic E-state index is 13.2. The maximum Gasteiger partial charge on any atom is 0.281 e. The molecule has 3 heterocycles. The molecule has 0 aliphatic carbocycles. The first-order valence-corrected chi connectivity index (χ1v) is 10.9. The lowest BCUT2D eigenvalue weighted by molar-refractivity contribution is 0.0701. The van der Waals surface area contributed by atoms with Crippen LogP contribution in [0.2, 0.25) is 0 Å². The molecule has 0 unspecified atom stereocenters. The first kappa shape index (κ1) is 20.9. The second-order valence-corrected chi connectivity index (χ2v) is 8.15. The Morgan fingerprint density at radius 3 is 2.76 bits per heavy atom. The number of benzene rings is 2. The second kappa shape index (κ2) is 8.85. The van der Waals surface area contributed by atoms with Crippen LogP contribution in [0.3, 0.4) is 0 Å². The Morgan fingerprint density at radius 2 is 1.94 bits per heavy atom. The third-order valence-corrected chi connectivity index (χ3v) is 6.00. The summed E-state index contributed by atoms with van der Waals surface area (Å²) in [6.45, 7) is 1.58. The number of carbonyl (C=O) groups excluding carboxylic acids is 1. The molecule has 1 saturated heterocycles. The zero-order valence-corrected chi connectivity index (χ0v) is 18.3. The van der Waals surface area contributed by atoms with E-state index in [1.54, 1.807) is 28.8 Å². The molecular weight excluding hydrogens is 420 g/mol. The summed E-state index contributed by atoms with van der Waals surface area (Å²) in [5.74, 6) is 0.932. The smallest absolute Gasteiger partial charge is 0.281 e. The van der Waals surface area contributed by atoms with Crippen molar-refractivity contribution in [3.63, 3.8) is 0 Å². The number of nitrogens with one attached hydrogen (secondary N) is 1. The van der Waals surface area contributed by atoms with Crippen molar-refractivity contribution >= 4 is 17.1 Å². The number of hydrogen-bond donors (Lipinski definition) is 1. The number of aromatic nitrogens is 5. The minimum absolute atomic E-state index is 0.0867. The van der Waals surface area contributed by atoms with E-state index in [1.165, 1.54) is 0 Å². The number of methoxy groups -OCH3 is 1. The Labute approximate surface area is 190 Å². The minimum atomic E-state index is -0.317. The summed E-state index contributed by atoms with van der Waals surface area (Å²) in [5.41, 5.74) is 1.92. The van der Waals surface area contributed by atoms with Crippen LogP contribution in [0.15, 0.2) is 59.4 Å². The van der Waals surface area contributed by atoms with E-state index in [1.807, 2.05) is 42.5 Å². The molecule has 1 aliphatic heterocycles. The number of nitrogens with zero attached hydrogens (tertiary/aromatic N) is 5. The predicted molar refractivity (Wildman–Crippen MR) is 122 cm³/mol. The predicted octanol–water partition coefficient (Wildman–Crippen LogP) is 2.59. The maximum absolute atomic E-state index is 13.2. The number of piperidine rings is 1. The van der Waals surface area contributed by atoms with Crippen LogP contribution in [-0.4, -0.2) is 56.0 Å². The van der Waals surface area contributed by atoms with Gasteiger partial charge in [0.25, 0.3) is 11.5 Å². The van der Waals surface area contributed by atoms with Gasteiger partial charge in [-0.3, -0.25) is 9.59 Å². The summed E-state index contributed by atoms with van der Waals surface area (Å²) in [7, 11) is 1.56. The largest absolute Gasteiger partial charge is 0.496 e. The molecule has 1 aliphatic rings. The molecule has 0 saturated carbocycles. The van der Waals surface area contributed by atoms with Crippen molar-refractivity contribution in [2.45, 2.75) is 25.3 Å². The number of likely N-dealkylation sites (tertiary alicyclic amines) is 1. The van der Waals surface area contributed by atoms with Crippen LogP contribution in [0.1, 0.15) is 40.5 Å². The van der Waals surface area contributed by atoms with Crippen molar-refractivity contribution in [3.8, 4) is 5.75 Å².